The summed E-state index contributed by atoms with van der Waals surface area (Å²) in [5.74, 6) is 0.840. The second-order valence-electron chi connectivity index (χ2n) is 3.62. The number of hydrogen-bond donors (Lipinski definition) is 1. The van der Waals surface area contributed by atoms with E-state index in [2.05, 4.69) is 13.0 Å². The van der Waals surface area contributed by atoms with Gasteiger partial charge < -0.3 is 5.73 Å². The van der Waals surface area contributed by atoms with E-state index in [1.165, 1.54) is 37.7 Å². The molecule has 1 nitrogen and oxygen atoms in total. The summed E-state index contributed by atoms with van der Waals surface area (Å²) < 4.78 is 0. The topological polar surface area (TPSA) is 26.0 Å². The molecule has 0 saturated heterocycles. The first-order valence-corrected chi connectivity index (χ1v) is 4.70. The molecule has 0 aromatic heterocycles. The Bertz CT molecular complexity index is 132. The van der Waals surface area contributed by atoms with Crippen LogP contribution in [-0.4, -0.2) is 6.54 Å². The molecule has 1 heteroatoms. The average Bonchev–Trinajstić information content (AvgIpc) is 2.06. The Balaban J connectivity index is 2.34. The van der Waals surface area contributed by atoms with Crippen LogP contribution in [0.4, 0.5) is 0 Å². The minimum Gasteiger partial charge on any atom is -0.327 e. The zero-order valence-corrected chi connectivity index (χ0v) is 7.47. The number of hydrogen-bond acceptors (Lipinski definition) is 1. The molecule has 0 atom stereocenters. The molecule has 1 rings (SSSR count). The van der Waals surface area contributed by atoms with Gasteiger partial charge in [0.15, 0.2) is 0 Å². The van der Waals surface area contributed by atoms with Crippen LogP contribution in [0.15, 0.2) is 11.6 Å². The van der Waals surface area contributed by atoms with E-state index in [9.17, 15) is 0 Å². The molecule has 0 heterocycles. The van der Waals surface area contributed by atoms with Crippen LogP contribution in [0.3, 0.4) is 0 Å². The van der Waals surface area contributed by atoms with Gasteiger partial charge in [-0.2, -0.15) is 0 Å². The van der Waals surface area contributed by atoms with Gasteiger partial charge in [-0.05, 0) is 25.7 Å². The van der Waals surface area contributed by atoms with E-state index in [0.717, 1.165) is 12.5 Å². The molecule has 0 amide bonds. The molecule has 64 valence electrons. The lowest BCUT2D eigenvalue weighted by molar-refractivity contribution is 0.417. The van der Waals surface area contributed by atoms with E-state index >= 15 is 0 Å². The summed E-state index contributed by atoms with van der Waals surface area (Å²) in [6.45, 7) is 2.87. The molecule has 0 bridgehead atoms. The highest BCUT2D eigenvalue weighted by Crippen LogP contribution is 2.25. The maximum absolute atomic E-state index is 5.52. The largest absolute Gasteiger partial charge is 0.327 e. The van der Waals surface area contributed by atoms with Gasteiger partial charge in [0.2, 0.25) is 0 Å². The molecule has 1 saturated carbocycles. The first-order valence-electron chi connectivity index (χ1n) is 4.70. The Morgan fingerprint density at radius 1 is 1.36 bits per heavy atom. The second-order valence-corrected chi connectivity index (χ2v) is 3.62. The van der Waals surface area contributed by atoms with Gasteiger partial charge in [-0.25, -0.2) is 0 Å². The van der Waals surface area contributed by atoms with Crippen molar-refractivity contribution >= 4 is 0 Å². The molecular weight excluding hydrogens is 134 g/mol. The standard InChI is InChI=1S/C10H19N/c1-9(8-11)7-10-5-3-2-4-6-10/h7,10H,2-6,8,11H2,1H3. The fourth-order valence-corrected chi connectivity index (χ4v) is 1.77. The van der Waals surface area contributed by atoms with Crippen molar-refractivity contribution in [1.29, 1.82) is 0 Å². The fraction of sp³-hybridized carbons (Fsp3) is 0.800. The highest BCUT2D eigenvalue weighted by atomic mass is 14.5. The lowest BCUT2D eigenvalue weighted by Crippen LogP contribution is -2.06. The van der Waals surface area contributed by atoms with Gasteiger partial charge in [-0.1, -0.05) is 30.9 Å². The second kappa shape index (κ2) is 4.55. The molecule has 2 N–H and O–H groups in total. The summed E-state index contributed by atoms with van der Waals surface area (Å²) in [4.78, 5) is 0. The van der Waals surface area contributed by atoms with Crippen molar-refractivity contribution in [3.05, 3.63) is 11.6 Å². The molecule has 1 aliphatic carbocycles. The first kappa shape index (κ1) is 8.79. The van der Waals surface area contributed by atoms with E-state index in [1.54, 1.807) is 0 Å². The molecule has 0 aromatic rings. The Labute approximate surface area is 69.7 Å². The van der Waals surface area contributed by atoms with E-state index < -0.39 is 0 Å². The predicted octanol–water partition coefficient (Wildman–Crippen LogP) is 2.47. The lowest BCUT2D eigenvalue weighted by Gasteiger charge is -2.18. The van der Waals surface area contributed by atoms with Crippen LogP contribution >= 0.6 is 0 Å². The third kappa shape index (κ3) is 3.06. The van der Waals surface area contributed by atoms with Crippen molar-refractivity contribution in [3.63, 3.8) is 0 Å². The van der Waals surface area contributed by atoms with Gasteiger partial charge in [0.05, 0.1) is 0 Å². The minimum absolute atomic E-state index is 0.733. The van der Waals surface area contributed by atoms with Gasteiger partial charge in [0, 0.05) is 6.54 Å². The predicted molar refractivity (Wildman–Crippen MR) is 49.4 cm³/mol. The minimum atomic E-state index is 0.733. The van der Waals surface area contributed by atoms with E-state index in [4.69, 9.17) is 5.73 Å². The molecule has 0 aromatic carbocycles. The molecule has 0 spiro atoms. The molecule has 1 fully saturated rings. The zero-order valence-electron chi connectivity index (χ0n) is 7.47. The normalized spacial score (nSPS) is 22.2. The Morgan fingerprint density at radius 2 is 2.00 bits per heavy atom. The highest BCUT2D eigenvalue weighted by molar-refractivity contribution is 5.02. The summed E-state index contributed by atoms with van der Waals surface area (Å²) in [6, 6.07) is 0. The molecule has 1 aliphatic rings. The van der Waals surface area contributed by atoms with Crippen LogP contribution in [0, 0.1) is 5.92 Å². The van der Waals surface area contributed by atoms with Gasteiger partial charge in [-0.3, -0.25) is 0 Å². The number of rotatable bonds is 2. The van der Waals surface area contributed by atoms with Crippen molar-refractivity contribution in [2.75, 3.05) is 6.54 Å². The molecule has 0 unspecified atom stereocenters. The third-order valence-corrected chi connectivity index (χ3v) is 2.49. The first-order chi connectivity index (χ1) is 5.33. The average molecular weight is 153 g/mol. The maximum atomic E-state index is 5.52. The number of nitrogens with two attached hydrogens (primary N) is 1. The van der Waals surface area contributed by atoms with E-state index in [0.29, 0.717) is 0 Å². The highest BCUT2D eigenvalue weighted by Gasteiger charge is 2.10. The van der Waals surface area contributed by atoms with E-state index in [1.807, 2.05) is 0 Å². The van der Waals surface area contributed by atoms with Crippen LogP contribution in [0.25, 0.3) is 0 Å². The van der Waals surface area contributed by atoms with Crippen molar-refractivity contribution in [2.24, 2.45) is 11.7 Å². The third-order valence-electron chi connectivity index (χ3n) is 2.49. The SMILES string of the molecule is CC(=CC1CCCCC1)CN. The van der Waals surface area contributed by atoms with Gasteiger partial charge in [0.25, 0.3) is 0 Å². The van der Waals surface area contributed by atoms with Gasteiger partial charge >= 0.3 is 0 Å². The van der Waals surface area contributed by atoms with Crippen LogP contribution < -0.4 is 5.73 Å². The van der Waals surface area contributed by atoms with Crippen molar-refractivity contribution < 1.29 is 0 Å². The smallest absolute Gasteiger partial charge is 0.0134 e. The van der Waals surface area contributed by atoms with Crippen molar-refractivity contribution in [1.82, 2.24) is 0 Å². The van der Waals surface area contributed by atoms with Crippen molar-refractivity contribution in [3.8, 4) is 0 Å². The maximum Gasteiger partial charge on any atom is 0.0134 e. The van der Waals surface area contributed by atoms with Gasteiger partial charge in [-0.15, -0.1) is 0 Å². The summed E-state index contributed by atoms with van der Waals surface area (Å²) in [5.41, 5.74) is 6.88. The summed E-state index contributed by atoms with van der Waals surface area (Å²) >= 11 is 0. The molecular formula is C10H19N. The van der Waals surface area contributed by atoms with Crippen LogP contribution in [0.5, 0.6) is 0 Å². The zero-order chi connectivity index (χ0) is 8.10. The fourth-order valence-electron chi connectivity index (χ4n) is 1.77. The molecule has 11 heavy (non-hydrogen) atoms. The van der Waals surface area contributed by atoms with Crippen LogP contribution in [-0.2, 0) is 0 Å². The Kier molecular flexibility index (Phi) is 3.64. The summed E-state index contributed by atoms with van der Waals surface area (Å²) in [5, 5.41) is 0. The molecule has 0 radical (unpaired) electrons. The Hall–Kier alpha value is -0.300. The quantitative estimate of drug-likeness (QED) is 0.606. The Morgan fingerprint density at radius 3 is 2.55 bits per heavy atom. The summed E-state index contributed by atoms with van der Waals surface area (Å²) in [6.07, 6.45) is 9.41. The van der Waals surface area contributed by atoms with Gasteiger partial charge in [0.1, 0.15) is 0 Å². The summed E-state index contributed by atoms with van der Waals surface area (Å²) in [7, 11) is 0. The molecule has 0 aliphatic heterocycles. The van der Waals surface area contributed by atoms with Crippen LogP contribution in [0.2, 0.25) is 0 Å². The van der Waals surface area contributed by atoms with Crippen molar-refractivity contribution in [2.45, 2.75) is 39.0 Å². The monoisotopic (exact) mass is 153 g/mol. The lowest BCUT2D eigenvalue weighted by atomic mass is 9.88. The van der Waals surface area contributed by atoms with Crippen LogP contribution in [0.1, 0.15) is 39.0 Å². The van der Waals surface area contributed by atoms with E-state index in [-0.39, 0.29) is 0 Å². The number of allylic oxidation sites excluding steroid dienone is 1.